The normalized spacial score (nSPS) is 10.3. The molecule has 104 valence electrons. The van der Waals surface area contributed by atoms with Crippen LogP contribution in [0.2, 0.25) is 0 Å². The van der Waals surface area contributed by atoms with E-state index >= 15 is 0 Å². The van der Waals surface area contributed by atoms with Gasteiger partial charge >= 0.3 is 0 Å². The molecule has 0 spiro atoms. The minimum Gasteiger partial charge on any atom is -0.455 e. The van der Waals surface area contributed by atoms with E-state index in [4.69, 9.17) is 16.2 Å². The smallest absolute Gasteiger partial charge is 0.252 e. The summed E-state index contributed by atoms with van der Waals surface area (Å²) in [6.45, 7) is 3.90. The third kappa shape index (κ3) is 2.88. The Kier molecular flexibility index (Phi) is 3.89. The number of amides is 1. The topological polar surface area (TPSA) is 91.2 Å². The number of nitrogens with zero attached hydrogens (tertiary/aromatic N) is 1. The molecule has 0 saturated carbocycles. The monoisotopic (exact) mass is 271 g/mol. The van der Waals surface area contributed by atoms with Crippen molar-refractivity contribution in [1.29, 1.82) is 0 Å². The van der Waals surface area contributed by atoms with Crippen molar-refractivity contribution in [1.82, 2.24) is 4.98 Å². The Morgan fingerprint density at radius 2 is 2.00 bits per heavy atom. The minimum absolute atomic E-state index is 0.293. The van der Waals surface area contributed by atoms with Gasteiger partial charge in [0.05, 0.1) is 11.3 Å². The van der Waals surface area contributed by atoms with Crippen LogP contribution in [0.4, 0.5) is 5.69 Å². The molecule has 0 radical (unpaired) electrons. The SMILES string of the molecule is CCc1nc(C)ccc1Oc1cc(N)ccc1C(N)=O. The molecule has 0 atom stereocenters. The van der Waals surface area contributed by atoms with Crippen LogP contribution in [0.1, 0.15) is 28.7 Å². The lowest BCUT2D eigenvalue weighted by molar-refractivity contribution is 0.0998. The number of rotatable bonds is 4. The first-order chi connectivity index (χ1) is 9.51. The zero-order valence-electron chi connectivity index (χ0n) is 11.5. The summed E-state index contributed by atoms with van der Waals surface area (Å²) < 4.78 is 5.79. The standard InChI is InChI=1S/C15H17N3O2/c1-3-12-13(7-4-9(2)18-12)20-14-8-10(16)5-6-11(14)15(17)19/h4-8H,3,16H2,1-2H3,(H2,17,19). The maximum atomic E-state index is 11.4. The van der Waals surface area contributed by atoms with E-state index < -0.39 is 5.91 Å². The van der Waals surface area contributed by atoms with Gasteiger partial charge in [-0.2, -0.15) is 0 Å². The Morgan fingerprint density at radius 3 is 2.65 bits per heavy atom. The highest BCUT2D eigenvalue weighted by Crippen LogP contribution is 2.29. The van der Waals surface area contributed by atoms with Gasteiger partial charge in [-0.05, 0) is 37.6 Å². The van der Waals surface area contributed by atoms with Crippen LogP contribution in [0, 0.1) is 6.92 Å². The first-order valence-electron chi connectivity index (χ1n) is 6.35. The minimum atomic E-state index is -0.557. The third-order valence-corrected chi connectivity index (χ3v) is 2.90. The molecule has 0 aliphatic carbocycles. The molecule has 0 saturated heterocycles. The van der Waals surface area contributed by atoms with Crippen LogP contribution in [0.15, 0.2) is 30.3 Å². The molecule has 5 heteroatoms. The molecular formula is C15H17N3O2. The van der Waals surface area contributed by atoms with Gasteiger partial charge in [-0.15, -0.1) is 0 Å². The molecule has 0 unspecified atom stereocenters. The first kappa shape index (κ1) is 13.9. The number of primary amides is 1. The molecule has 5 nitrogen and oxygen atoms in total. The Morgan fingerprint density at radius 1 is 1.25 bits per heavy atom. The van der Waals surface area contributed by atoms with E-state index in [2.05, 4.69) is 4.98 Å². The van der Waals surface area contributed by atoms with Crippen LogP contribution in [0.5, 0.6) is 11.5 Å². The fraction of sp³-hybridized carbons (Fsp3) is 0.200. The van der Waals surface area contributed by atoms with Gasteiger partial charge in [-0.1, -0.05) is 6.92 Å². The molecule has 4 N–H and O–H groups in total. The fourth-order valence-electron chi connectivity index (χ4n) is 1.89. The van der Waals surface area contributed by atoms with Crippen molar-refractivity contribution in [3.63, 3.8) is 0 Å². The van der Waals surface area contributed by atoms with Crippen LogP contribution >= 0.6 is 0 Å². The van der Waals surface area contributed by atoms with E-state index in [0.29, 0.717) is 22.7 Å². The Hall–Kier alpha value is -2.56. The summed E-state index contributed by atoms with van der Waals surface area (Å²) in [5.41, 5.74) is 13.6. The number of aromatic nitrogens is 1. The number of benzene rings is 1. The molecule has 1 heterocycles. The van der Waals surface area contributed by atoms with Crippen LogP contribution in [-0.2, 0) is 6.42 Å². The van der Waals surface area contributed by atoms with Crippen LogP contribution in [0.3, 0.4) is 0 Å². The molecule has 0 aliphatic heterocycles. The molecular weight excluding hydrogens is 254 g/mol. The number of pyridine rings is 1. The zero-order valence-corrected chi connectivity index (χ0v) is 11.5. The molecule has 0 fully saturated rings. The molecule has 2 rings (SSSR count). The summed E-state index contributed by atoms with van der Waals surface area (Å²) in [7, 11) is 0. The second-order valence-corrected chi connectivity index (χ2v) is 4.47. The lowest BCUT2D eigenvalue weighted by Crippen LogP contribution is -2.12. The van der Waals surface area contributed by atoms with Gasteiger partial charge in [0.1, 0.15) is 11.5 Å². The number of nitrogen functional groups attached to an aromatic ring is 1. The van der Waals surface area contributed by atoms with Gasteiger partial charge in [0.25, 0.3) is 5.91 Å². The highest BCUT2D eigenvalue weighted by molar-refractivity contribution is 5.96. The lowest BCUT2D eigenvalue weighted by Gasteiger charge is -2.13. The molecule has 1 aromatic carbocycles. The summed E-state index contributed by atoms with van der Waals surface area (Å²) >= 11 is 0. The molecule has 2 aromatic rings. The van der Waals surface area contributed by atoms with Crippen molar-refractivity contribution in [3.05, 3.63) is 47.3 Å². The second kappa shape index (κ2) is 5.61. The maximum Gasteiger partial charge on any atom is 0.252 e. The number of aryl methyl sites for hydroxylation is 2. The predicted octanol–water partition coefficient (Wildman–Crippen LogP) is 2.43. The number of hydrogen-bond donors (Lipinski definition) is 2. The van der Waals surface area contributed by atoms with E-state index in [1.807, 2.05) is 26.0 Å². The maximum absolute atomic E-state index is 11.4. The lowest BCUT2D eigenvalue weighted by atomic mass is 10.1. The fourth-order valence-corrected chi connectivity index (χ4v) is 1.89. The summed E-state index contributed by atoms with van der Waals surface area (Å²) in [5.74, 6) is 0.391. The average molecular weight is 271 g/mol. The van der Waals surface area contributed by atoms with Crippen LogP contribution in [-0.4, -0.2) is 10.9 Å². The van der Waals surface area contributed by atoms with E-state index in [9.17, 15) is 4.79 Å². The van der Waals surface area contributed by atoms with Gasteiger partial charge in [-0.25, -0.2) is 0 Å². The van der Waals surface area contributed by atoms with Gasteiger partial charge in [0.15, 0.2) is 0 Å². The zero-order chi connectivity index (χ0) is 14.7. The highest BCUT2D eigenvalue weighted by atomic mass is 16.5. The van der Waals surface area contributed by atoms with E-state index in [0.717, 1.165) is 17.8 Å². The van der Waals surface area contributed by atoms with Crippen molar-refractivity contribution in [2.24, 2.45) is 5.73 Å². The number of ether oxygens (including phenoxy) is 1. The number of nitrogens with two attached hydrogens (primary N) is 2. The quantitative estimate of drug-likeness (QED) is 0.835. The van der Waals surface area contributed by atoms with Crippen LogP contribution < -0.4 is 16.2 Å². The van der Waals surface area contributed by atoms with Gasteiger partial charge in [0, 0.05) is 17.4 Å². The van der Waals surface area contributed by atoms with Gasteiger partial charge in [-0.3, -0.25) is 9.78 Å². The van der Waals surface area contributed by atoms with E-state index in [-0.39, 0.29) is 0 Å². The number of hydrogen-bond acceptors (Lipinski definition) is 4. The Bertz CT molecular complexity index is 654. The van der Waals surface area contributed by atoms with E-state index in [1.54, 1.807) is 18.2 Å². The molecule has 1 aromatic heterocycles. The third-order valence-electron chi connectivity index (χ3n) is 2.90. The highest BCUT2D eigenvalue weighted by Gasteiger charge is 2.13. The van der Waals surface area contributed by atoms with E-state index in [1.165, 1.54) is 0 Å². The summed E-state index contributed by atoms with van der Waals surface area (Å²) in [6, 6.07) is 8.43. The molecule has 0 bridgehead atoms. The number of carbonyl (C=O) groups is 1. The van der Waals surface area contributed by atoms with Gasteiger partial charge < -0.3 is 16.2 Å². The average Bonchev–Trinajstić information content (AvgIpc) is 2.40. The summed E-state index contributed by atoms with van der Waals surface area (Å²) in [6.07, 6.45) is 0.727. The summed E-state index contributed by atoms with van der Waals surface area (Å²) in [5, 5.41) is 0. The number of carbonyl (C=O) groups excluding carboxylic acids is 1. The first-order valence-corrected chi connectivity index (χ1v) is 6.35. The van der Waals surface area contributed by atoms with Crippen molar-refractivity contribution in [2.75, 3.05) is 5.73 Å². The van der Waals surface area contributed by atoms with Crippen LogP contribution in [0.25, 0.3) is 0 Å². The van der Waals surface area contributed by atoms with Gasteiger partial charge in [0.2, 0.25) is 0 Å². The van der Waals surface area contributed by atoms with Crippen molar-refractivity contribution in [2.45, 2.75) is 20.3 Å². The predicted molar refractivity (Wildman–Crippen MR) is 77.8 cm³/mol. The van der Waals surface area contributed by atoms with Crippen molar-refractivity contribution < 1.29 is 9.53 Å². The largest absolute Gasteiger partial charge is 0.455 e. The summed E-state index contributed by atoms with van der Waals surface area (Å²) in [4.78, 5) is 15.8. The molecule has 0 aliphatic rings. The molecule has 20 heavy (non-hydrogen) atoms. The van der Waals surface area contributed by atoms with Crippen molar-refractivity contribution in [3.8, 4) is 11.5 Å². The Labute approximate surface area is 117 Å². The molecule has 1 amide bonds. The van der Waals surface area contributed by atoms with Crippen molar-refractivity contribution >= 4 is 11.6 Å². The second-order valence-electron chi connectivity index (χ2n) is 4.47. The Balaban J connectivity index is 2.44. The number of anilines is 1.